The summed E-state index contributed by atoms with van der Waals surface area (Å²) in [6.07, 6.45) is 25.2. The second kappa shape index (κ2) is 47.6. The van der Waals surface area contributed by atoms with Gasteiger partial charge >= 0.3 is 49.7 Å². The third-order valence-corrected chi connectivity index (χ3v) is 14.5. The fraction of sp³-hybridized carbons (Fsp3) is 0.889. The Morgan fingerprint density at radius 1 is 0.416 bits per heavy atom. The Labute approximate surface area is 491 Å². The molecule has 0 bridgehead atoms. The second-order valence-electron chi connectivity index (χ2n) is 20.0. The van der Waals surface area contributed by atoms with E-state index >= 15 is 0 Å². The monoisotopic (exact) mass is 1170 g/mol. The summed E-state index contributed by atoms with van der Waals surface area (Å²) in [5.41, 5.74) is 0. The van der Waals surface area contributed by atoms with Crippen LogP contribution in [0.3, 0.4) is 0 Å². The molecule has 2 aliphatic rings. The minimum absolute atomic E-state index is 0. The summed E-state index contributed by atoms with van der Waals surface area (Å²) in [4.78, 5) is 23.7. The van der Waals surface area contributed by atoms with Crippen LogP contribution in [0.15, 0.2) is 24.3 Å². The number of carbonyl (C=O) groups is 2. The maximum absolute atomic E-state index is 11.9. The van der Waals surface area contributed by atoms with E-state index in [1.807, 2.05) is 0 Å². The minimum atomic E-state index is -4.73. The number of carbonyl (C=O) groups excluding carboxylic acids is 2. The molecule has 2 aliphatic heterocycles. The number of allylic oxidation sites excluding steroid dienone is 4. The van der Waals surface area contributed by atoms with Crippen molar-refractivity contribution in [1.82, 2.24) is 0 Å². The molecule has 448 valence electrons. The van der Waals surface area contributed by atoms with Crippen LogP contribution in [0, 0.1) is 0 Å². The topological polar surface area (TPSA) is 325 Å². The number of unbranched alkanes of at least 4 members (excludes halogenated alkanes) is 22. The molecule has 0 radical (unpaired) electrons. The Hall–Kier alpha value is -0.900. The van der Waals surface area contributed by atoms with Crippen LogP contribution < -0.4 is 0 Å². The molecule has 10 atom stereocenters. The Balaban J connectivity index is 0.00000148. The Morgan fingerprint density at radius 3 is 1.00 bits per heavy atom. The zero-order valence-electron chi connectivity index (χ0n) is 46.5. The van der Waals surface area contributed by atoms with Crippen molar-refractivity contribution in [3.63, 3.8) is 0 Å². The summed E-state index contributed by atoms with van der Waals surface area (Å²) in [5.74, 6) is -2.72. The number of aliphatic hydroxyl groups is 6. The predicted octanol–water partition coefficient (Wildman–Crippen LogP) is 6.27. The molecule has 6 N–H and O–H groups in total. The molecule has 20 nitrogen and oxygen atoms in total. The fourth-order valence-electron chi connectivity index (χ4n) is 8.50. The maximum Gasteiger partial charge on any atom is 2.00 e. The van der Waals surface area contributed by atoms with Gasteiger partial charge in [0.05, 0.1) is 58.2 Å². The zero-order chi connectivity index (χ0) is 56.5. The van der Waals surface area contributed by atoms with Gasteiger partial charge in [-0.1, -0.05) is 141 Å². The van der Waals surface area contributed by atoms with Crippen molar-refractivity contribution in [3.05, 3.63) is 24.3 Å². The molecule has 0 saturated carbocycles. The molecule has 0 amide bonds. The number of hydrogen-bond donors (Lipinski definition) is 6. The predicted molar refractivity (Wildman–Crippen MR) is 290 cm³/mol. The average Bonchev–Trinajstić information content (AvgIpc) is 3.36. The molecule has 77 heavy (non-hydrogen) atoms. The first-order chi connectivity index (χ1) is 36.3. The van der Waals surface area contributed by atoms with Gasteiger partial charge in [0, 0.05) is 25.7 Å². The summed E-state index contributed by atoms with van der Waals surface area (Å²) in [7, 11) is -9.45. The van der Waals surface area contributed by atoms with Crippen LogP contribution in [-0.4, -0.2) is 206 Å². The average molecular weight is 1170 g/mol. The summed E-state index contributed by atoms with van der Waals surface area (Å²) in [5, 5.41) is 59.3. The van der Waals surface area contributed by atoms with Gasteiger partial charge in [0.25, 0.3) is 0 Å². The van der Waals surface area contributed by atoms with Gasteiger partial charge in [0.1, 0.15) is 48.8 Å². The van der Waals surface area contributed by atoms with Gasteiger partial charge in [0.2, 0.25) is 0 Å². The zero-order valence-corrected chi connectivity index (χ0v) is 50.3. The molecule has 0 aliphatic carbocycles. The summed E-state index contributed by atoms with van der Waals surface area (Å²) >= 11 is 0. The SMILES string of the molecule is CCCCCCCC/C=C\CCCCCCCC(=O)OCCCO[C@@H]1O[C@H](CS(=O)(=O)[O-])[C@@H](O)[C@H](O)[C@H]1O.CCCCCCCC/C=C\CCCCCCCC(=O)OCCCO[C@@H]1O[C@H](CS(=O)(=O)[O-])[C@@H](O)[C@H](O)[C@H]1O.[Ca+2]. The van der Waals surface area contributed by atoms with Crippen LogP contribution in [0.5, 0.6) is 0 Å². The van der Waals surface area contributed by atoms with Gasteiger partial charge in [0.15, 0.2) is 12.6 Å². The van der Waals surface area contributed by atoms with Crippen LogP contribution in [-0.2, 0) is 58.2 Å². The summed E-state index contributed by atoms with van der Waals surface area (Å²) in [6.45, 7) is 4.64. The summed E-state index contributed by atoms with van der Waals surface area (Å²) in [6, 6.07) is 0. The molecule has 0 unspecified atom stereocenters. The van der Waals surface area contributed by atoms with E-state index in [0.717, 1.165) is 64.2 Å². The number of ether oxygens (including phenoxy) is 6. The molecule has 23 heteroatoms. The third-order valence-electron chi connectivity index (χ3n) is 13.0. The van der Waals surface area contributed by atoms with E-state index in [1.165, 1.54) is 103 Å². The fourth-order valence-corrected chi connectivity index (χ4v) is 9.86. The number of hydrogen-bond acceptors (Lipinski definition) is 20. The van der Waals surface area contributed by atoms with Gasteiger partial charge < -0.3 is 68.2 Å². The van der Waals surface area contributed by atoms with E-state index in [9.17, 15) is 66.2 Å². The van der Waals surface area contributed by atoms with Crippen molar-refractivity contribution >= 4 is 69.9 Å². The first kappa shape index (κ1) is 76.1. The number of esters is 2. The second-order valence-corrected chi connectivity index (χ2v) is 22.9. The number of rotatable bonds is 44. The van der Waals surface area contributed by atoms with E-state index in [-0.39, 0.29) is 88.9 Å². The molecule has 2 saturated heterocycles. The molecular weight excluding hydrogens is 1070 g/mol. The summed E-state index contributed by atoms with van der Waals surface area (Å²) < 4.78 is 96.9. The molecule has 0 aromatic carbocycles. The largest absolute Gasteiger partial charge is 2.00 e. The van der Waals surface area contributed by atoms with Crippen molar-refractivity contribution in [2.45, 2.75) is 268 Å². The molecule has 0 aromatic rings. The van der Waals surface area contributed by atoms with Crippen molar-refractivity contribution in [3.8, 4) is 0 Å². The smallest absolute Gasteiger partial charge is 0.748 e. The van der Waals surface area contributed by atoms with Crippen LogP contribution in [0.1, 0.15) is 206 Å². The normalized spacial score (nSPS) is 23.9. The molecule has 0 aromatic heterocycles. The minimum Gasteiger partial charge on any atom is -0.748 e. The van der Waals surface area contributed by atoms with E-state index in [1.54, 1.807) is 0 Å². The van der Waals surface area contributed by atoms with Gasteiger partial charge in [-0.2, -0.15) is 0 Å². The molecule has 2 fully saturated rings. The molecule has 2 rings (SSSR count). The van der Waals surface area contributed by atoms with Crippen molar-refractivity contribution in [1.29, 1.82) is 0 Å². The Kier molecular flexibility index (Phi) is 47.0. The van der Waals surface area contributed by atoms with Gasteiger partial charge in [-0.15, -0.1) is 0 Å². The molecule has 0 spiro atoms. The van der Waals surface area contributed by atoms with Crippen molar-refractivity contribution < 1.29 is 94.6 Å². The maximum atomic E-state index is 11.9. The third kappa shape index (κ3) is 40.9. The van der Waals surface area contributed by atoms with Crippen LogP contribution in [0.2, 0.25) is 0 Å². The van der Waals surface area contributed by atoms with Gasteiger partial charge in [-0.25, -0.2) is 16.8 Å². The van der Waals surface area contributed by atoms with Gasteiger partial charge in [-0.05, 0) is 64.2 Å². The molecular formula is C54H98CaO20S2. The van der Waals surface area contributed by atoms with Crippen LogP contribution in [0.25, 0.3) is 0 Å². The van der Waals surface area contributed by atoms with E-state index in [2.05, 4.69) is 38.2 Å². The van der Waals surface area contributed by atoms with E-state index < -0.39 is 93.2 Å². The van der Waals surface area contributed by atoms with Gasteiger partial charge in [-0.3, -0.25) is 9.59 Å². The number of aliphatic hydroxyl groups excluding tert-OH is 6. The molecule has 2 heterocycles. The first-order valence-corrected chi connectivity index (χ1v) is 31.6. The van der Waals surface area contributed by atoms with Crippen molar-refractivity contribution in [2.75, 3.05) is 37.9 Å². The van der Waals surface area contributed by atoms with E-state index in [4.69, 9.17) is 28.4 Å². The standard InChI is InChI=1S/2C27H50O10S.Ca/c2*1-2-3-4-5-6-7-8-9-10-11-12-13-14-15-16-18-23(28)35-19-17-20-36-27-26(31)25(30)24(29)22(37-27)21-38(32,33)34;/h2*9-10,22,24-27,29-31H,2-8,11-21H2,1H3,(H,32,33,34);/q;;+2/p-2/b2*10-9-;/t2*22-,24-,25+,26-,27-;/m11./s1. The van der Waals surface area contributed by atoms with E-state index in [0.29, 0.717) is 12.8 Å². The van der Waals surface area contributed by atoms with Crippen LogP contribution in [0.4, 0.5) is 0 Å². The quantitative estimate of drug-likeness (QED) is 0.0129. The van der Waals surface area contributed by atoms with Crippen LogP contribution >= 0.6 is 0 Å². The Bertz CT molecular complexity index is 1620. The Morgan fingerprint density at radius 2 is 0.701 bits per heavy atom. The van der Waals surface area contributed by atoms with Crippen molar-refractivity contribution in [2.24, 2.45) is 0 Å². The first-order valence-electron chi connectivity index (χ1n) is 28.4.